The molecule has 0 spiro atoms. The highest BCUT2D eigenvalue weighted by Gasteiger charge is 2.22. The lowest BCUT2D eigenvalue weighted by molar-refractivity contribution is 0.00817. The molecule has 0 atom stereocenters. The number of halogens is 3. The van der Waals surface area contributed by atoms with Crippen LogP contribution in [0.4, 0.5) is 13.2 Å². The fourth-order valence-electron chi connectivity index (χ4n) is 9.19. The van der Waals surface area contributed by atoms with Crippen molar-refractivity contribution in [3.63, 3.8) is 0 Å². The van der Waals surface area contributed by atoms with Crippen molar-refractivity contribution in [1.29, 1.82) is 0 Å². The normalized spacial score (nSPS) is 11.2. The fraction of sp³-hybridized carbons (Fsp3) is 0.551. The predicted octanol–water partition coefficient (Wildman–Crippen LogP) is 24.2. The highest BCUT2D eigenvalue weighted by Crippen LogP contribution is 2.37. The second kappa shape index (κ2) is 71.7. The largest absolute Gasteiger partial charge is 0.490 e. The zero-order chi connectivity index (χ0) is 74.0. The van der Waals surface area contributed by atoms with Crippen molar-refractivity contribution in [3.05, 3.63) is 196 Å². The van der Waals surface area contributed by atoms with E-state index in [1.165, 1.54) is 61.6 Å². The van der Waals surface area contributed by atoms with Crippen LogP contribution in [0.15, 0.2) is 151 Å². The van der Waals surface area contributed by atoms with Gasteiger partial charge in [-0.15, -0.1) is 6.42 Å². The van der Waals surface area contributed by atoms with Gasteiger partial charge in [0.25, 0.3) is 0 Å². The SMILES string of the molecule is C.C.C.C.C.C.C#CC(=C)/C=C(COC)\C(=C\COC)OCCOc1ccc(C(C)(C)CC)cc1.C=Cc1cc(COCC)c(OCCOc2ccc(C(C)(C)CC)cc2)c(COCC)c1.CC.CC.CCCC.FC(F)F.OCCOc1c(CO)cc(C2CCCCC2)cc1CO.c1ccccc1. The topological polar surface area (TPSA) is 144 Å². The minimum absolute atomic E-state index is 0. The van der Waals surface area contributed by atoms with Crippen molar-refractivity contribution in [2.75, 3.05) is 80.3 Å². The van der Waals surface area contributed by atoms with Crippen LogP contribution in [-0.2, 0) is 60.9 Å². The van der Waals surface area contributed by atoms with Crippen molar-refractivity contribution in [2.45, 2.75) is 249 Å². The van der Waals surface area contributed by atoms with E-state index in [1.54, 1.807) is 20.3 Å². The van der Waals surface area contributed by atoms with Gasteiger partial charge in [-0.1, -0.05) is 246 Å². The van der Waals surface area contributed by atoms with E-state index in [9.17, 15) is 23.4 Å². The number of benzene rings is 5. The average molecular weight is 1470 g/mol. The first-order valence-corrected chi connectivity index (χ1v) is 35.0. The number of hydrogen-bond donors (Lipinski definition) is 3. The van der Waals surface area contributed by atoms with Crippen LogP contribution in [0.2, 0.25) is 0 Å². The summed E-state index contributed by atoms with van der Waals surface area (Å²) in [4.78, 5) is 0. The molecule has 0 unspecified atom stereocenters. The summed E-state index contributed by atoms with van der Waals surface area (Å²) in [5, 5.41) is 27.9. The lowest BCUT2D eigenvalue weighted by Gasteiger charge is -2.24. The number of hydrogen-bond acceptors (Lipinski definition) is 12. The Morgan fingerprint density at radius 3 is 1.32 bits per heavy atom. The monoisotopic (exact) mass is 1470 g/mol. The molecule has 5 aromatic carbocycles. The van der Waals surface area contributed by atoms with Crippen molar-refractivity contribution in [3.8, 4) is 35.3 Å². The van der Waals surface area contributed by atoms with Gasteiger partial charge in [0, 0.05) is 60.8 Å². The summed E-state index contributed by atoms with van der Waals surface area (Å²) in [6.45, 7) is 38.4. The third-order valence-corrected chi connectivity index (χ3v) is 15.4. The number of rotatable bonds is 34. The molecule has 104 heavy (non-hydrogen) atoms. The highest BCUT2D eigenvalue weighted by atomic mass is 19.4. The number of allylic oxidation sites excluding steroid dienone is 2. The van der Waals surface area contributed by atoms with Crippen LogP contribution in [0, 0.1) is 12.3 Å². The lowest BCUT2D eigenvalue weighted by atomic mass is 9.82. The zero-order valence-electron chi connectivity index (χ0n) is 62.7. The molecular weight excluding hydrogens is 1320 g/mol. The molecule has 1 fully saturated rings. The van der Waals surface area contributed by atoms with Crippen molar-refractivity contribution in [1.82, 2.24) is 0 Å². The Morgan fingerprint density at radius 1 is 0.577 bits per heavy atom. The summed E-state index contributed by atoms with van der Waals surface area (Å²) in [5.41, 5.74) is 9.93. The highest BCUT2D eigenvalue weighted by molar-refractivity contribution is 5.55. The zero-order valence-corrected chi connectivity index (χ0v) is 62.7. The molecule has 5 aromatic rings. The summed E-state index contributed by atoms with van der Waals surface area (Å²) in [6, 6.07) is 36.7. The maximum atomic E-state index is 9.67. The summed E-state index contributed by atoms with van der Waals surface area (Å²) in [5.74, 6) is 6.68. The number of methoxy groups -OCH3 is 2. The molecule has 0 bridgehead atoms. The van der Waals surface area contributed by atoms with Gasteiger partial charge >= 0.3 is 6.68 Å². The molecule has 0 radical (unpaired) electrons. The van der Waals surface area contributed by atoms with Gasteiger partial charge in [0.1, 0.15) is 61.8 Å². The number of alkyl halides is 3. The number of terminal acetylenes is 1. The van der Waals surface area contributed by atoms with E-state index in [0.717, 1.165) is 52.4 Å². The summed E-state index contributed by atoms with van der Waals surface area (Å²) >= 11 is 0. The number of ether oxygens (including phenoxy) is 9. The van der Waals surface area contributed by atoms with Gasteiger partial charge in [-0.25, -0.2) is 0 Å². The van der Waals surface area contributed by atoms with Gasteiger partial charge in [0.2, 0.25) is 0 Å². The minimum Gasteiger partial charge on any atom is -0.490 e. The Labute approximate surface area is 634 Å². The first-order chi connectivity index (χ1) is 47.3. The van der Waals surface area contributed by atoms with Crippen LogP contribution in [0.5, 0.6) is 23.0 Å². The van der Waals surface area contributed by atoms with Crippen molar-refractivity contribution < 1.29 is 71.1 Å². The Morgan fingerprint density at radius 2 is 0.971 bits per heavy atom. The van der Waals surface area contributed by atoms with Gasteiger partial charge in [0.05, 0.1) is 46.2 Å². The van der Waals surface area contributed by atoms with Crippen LogP contribution >= 0.6 is 0 Å². The first-order valence-electron chi connectivity index (χ1n) is 35.0. The van der Waals surface area contributed by atoms with Crippen LogP contribution in [0.3, 0.4) is 0 Å². The maximum Gasteiger partial charge on any atom is 0.379 e. The van der Waals surface area contributed by atoms with E-state index in [-0.39, 0.29) is 81.8 Å². The van der Waals surface area contributed by atoms with Crippen LogP contribution in [0.25, 0.3) is 6.08 Å². The van der Waals surface area contributed by atoms with Gasteiger partial charge in [0.15, 0.2) is 0 Å². The molecule has 12 nitrogen and oxygen atoms in total. The molecule has 0 saturated heterocycles. The maximum absolute atomic E-state index is 9.67. The number of aliphatic hydroxyl groups excluding tert-OH is 3. The minimum atomic E-state index is -3.67. The molecule has 3 N–H and O–H groups in total. The van der Waals surface area contributed by atoms with E-state index >= 15 is 0 Å². The third-order valence-electron chi connectivity index (χ3n) is 15.4. The first kappa shape index (κ1) is 113. The van der Waals surface area contributed by atoms with Gasteiger partial charge in [-0.05, 0) is 139 Å². The summed E-state index contributed by atoms with van der Waals surface area (Å²) in [7, 11) is 3.24. The van der Waals surface area contributed by atoms with E-state index in [0.29, 0.717) is 100 Å². The molecule has 1 aliphatic carbocycles. The van der Waals surface area contributed by atoms with E-state index in [2.05, 4.69) is 111 Å². The molecule has 6 rings (SSSR count). The molecule has 1 saturated carbocycles. The summed E-state index contributed by atoms with van der Waals surface area (Å²) in [6.07, 6.45) is 21.8. The Balaban J connectivity index is -0.000000195. The van der Waals surface area contributed by atoms with E-state index in [1.807, 2.05) is 126 Å². The van der Waals surface area contributed by atoms with Crippen molar-refractivity contribution >= 4 is 6.08 Å². The van der Waals surface area contributed by atoms with Crippen LogP contribution < -0.4 is 18.9 Å². The van der Waals surface area contributed by atoms with E-state index in [4.69, 9.17) is 54.2 Å². The molecule has 0 aliphatic heterocycles. The standard InChI is InChI=1S/C27H38O4.C25H34O4.C16H24O4.C6H6.C4H10.2C2H6.CHF3.6CH4/c1-7-21-17-22(19-28-9-3)26(23(18-21)20-29-10-4)31-16-15-30-25-13-11-24(12-14-25)27(5,6)8-2;1-8-20(3)18-21(19-27-7)24(14-15-26-6)29-17-16-28-23-12-10-22(11-13-23)25(4,5)9-2;17-6-7-20-16-14(10-18)8-13(9-15(16)11-19)12-4-2-1-3-5-12;1-2-4-6-5-3-1;1-3-4-2;2*1-2;2-1(3)4;;;;;;/h7,11-14,17-18H,1,8-10,15-16,19-20H2,2-6H3;1,10-14,18H,3,9,15-17,19H2,2,4-7H3;8-9,12,17-19H,1-7,10-11H2;1-6H;3-4H2,1-2H3;2*1-2H3;1H;6*1H4/b;21-18-,24-14-;;;;;;;;;;;;. The molecular formula is C89H149F3O12. The molecule has 0 heterocycles. The van der Waals surface area contributed by atoms with Gasteiger partial charge in [-0.3, -0.25) is 0 Å². The Hall–Kier alpha value is -6.87. The fourth-order valence-corrected chi connectivity index (χ4v) is 9.19. The predicted molar refractivity (Wildman–Crippen MR) is 441 cm³/mol. The molecule has 598 valence electrons. The second-order valence-corrected chi connectivity index (χ2v) is 23.2. The summed E-state index contributed by atoms with van der Waals surface area (Å²) < 4.78 is 80.0. The van der Waals surface area contributed by atoms with Gasteiger partial charge < -0.3 is 58.0 Å². The quantitative estimate of drug-likeness (QED) is 0.0156. The molecule has 0 aromatic heterocycles. The smallest absolute Gasteiger partial charge is 0.379 e. The molecule has 1 aliphatic rings. The Bertz CT molecular complexity index is 2790. The Kier molecular flexibility index (Phi) is 77.9. The lowest BCUT2D eigenvalue weighted by Crippen LogP contribution is -2.15. The molecule has 0 amide bonds. The van der Waals surface area contributed by atoms with Gasteiger partial charge in [-0.2, -0.15) is 13.2 Å². The third kappa shape index (κ3) is 49.0. The van der Waals surface area contributed by atoms with Crippen LogP contribution in [-0.4, -0.2) is 102 Å². The van der Waals surface area contributed by atoms with Crippen LogP contribution in [0.1, 0.15) is 250 Å². The number of unbranched alkanes of at least 4 members (excludes halogenated alkanes) is 1. The van der Waals surface area contributed by atoms with Crippen molar-refractivity contribution in [2.24, 2.45) is 0 Å². The second-order valence-electron chi connectivity index (χ2n) is 23.2. The average Bonchev–Trinajstić information content (AvgIpc) is 0.836. The number of aliphatic hydroxyl groups is 3. The van der Waals surface area contributed by atoms with E-state index < -0.39 is 6.68 Å². The molecule has 15 heteroatoms.